The maximum atomic E-state index is 12.9. The van der Waals surface area contributed by atoms with Crippen LogP contribution < -0.4 is 15.3 Å². The maximum Gasteiger partial charge on any atom is 0.364 e. The Morgan fingerprint density at radius 3 is 2.65 bits per heavy atom. The van der Waals surface area contributed by atoms with Crippen LogP contribution in [-0.4, -0.2) is 27.5 Å². The van der Waals surface area contributed by atoms with Crippen molar-refractivity contribution < 1.29 is 9.53 Å². The average Bonchev–Trinajstić information content (AvgIpc) is 3.13. The van der Waals surface area contributed by atoms with E-state index in [1.54, 1.807) is 18.1 Å². The van der Waals surface area contributed by atoms with E-state index in [4.69, 9.17) is 4.74 Å². The number of methoxy groups -OCH3 is 1. The second-order valence-corrected chi connectivity index (χ2v) is 6.79. The molecule has 0 N–H and O–H groups in total. The lowest BCUT2D eigenvalue weighted by molar-refractivity contribution is 0.244. The minimum atomic E-state index is -0.429. The molecule has 1 aliphatic rings. The first-order chi connectivity index (χ1) is 12.6. The fourth-order valence-corrected chi connectivity index (χ4v) is 3.23. The van der Waals surface area contributed by atoms with Gasteiger partial charge < -0.3 is 4.74 Å². The Morgan fingerprint density at radius 2 is 1.92 bits per heavy atom. The van der Waals surface area contributed by atoms with Gasteiger partial charge in [-0.2, -0.15) is 9.67 Å². The van der Waals surface area contributed by atoms with Crippen molar-refractivity contribution in [2.45, 2.75) is 13.1 Å². The van der Waals surface area contributed by atoms with Gasteiger partial charge in [0.05, 0.1) is 20.2 Å². The third-order valence-electron chi connectivity index (χ3n) is 4.25. The summed E-state index contributed by atoms with van der Waals surface area (Å²) in [5.41, 5.74) is 1.18. The Morgan fingerprint density at radius 1 is 1.15 bits per heavy atom. The van der Waals surface area contributed by atoms with Crippen molar-refractivity contribution in [3.05, 3.63) is 74.9 Å². The van der Waals surface area contributed by atoms with Gasteiger partial charge >= 0.3 is 11.7 Å². The van der Waals surface area contributed by atoms with Gasteiger partial charge in [0.2, 0.25) is 0 Å². The van der Waals surface area contributed by atoms with E-state index in [0.29, 0.717) is 17.3 Å². The zero-order valence-corrected chi connectivity index (χ0v) is 15.5. The smallest absolute Gasteiger partial charge is 0.364 e. The molecule has 0 radical (unpaired) electrons. The molecular weight excluding hydrogens is 400 g/mol. The molecule has 0 fully saturated rings. The number of hydrogen-bond donors (Lipinski definition) is 0. The third kappa shape index (κ3) is 2.82. The highest BCUT2D eigenvalue weighted by Gasteiger charge is 2.33. The number of hydrogen-bond acceptors (Lipinski definition) is 4. The van der Waals surface area contributed by atoms with E-state index in [2.05, 4.69) is 20.9 Å². The monoisotopic (exact) mass is 414 g/mol. The van der Waals surface area contributed by atoms with Gasteiger partial charge in [-0.05, 0) is 29.8 Å². The number of aromatic nitrogens is 3. The number of nitrogens with zero attached hydrogens (tertiary/aromatic N) is 4. The molecule has 2 heterocycles. The van der Waals surface area contributed by atoms with Crippen LogP contribution in [0, 0.1) is 0 Å². The van der Waals surface area contributed by atoms with Crippen LogP contribution in [0.25, 0.3) is 0 Å². The first kappa shape index (κ1) is 16.6. The van der Waals surface area contributed by atoms with E-state index in [0.717, 1.165) is 10.0 Å². The van der Waals surface area contributed by atoms with E-state index in [-0.39, 0.29) is 19.1 Å². The molecular formula is C18H15BrN4O3. The summed E-state index contributed by atoms with van der Waals surface area (Å²) in [6, 6.07) is 14.5. The van der Waals surface area contributed by atoms with Gasteiger partial charge in [-0.15, -0.1) is 0 Å². The fourth-order valence-electron chi connectivity index (χ4n) is 2.96. The number of ether oxygens (including phenoxy) is 1. The lowest BCUT2D eigenvalue weighted by atomic mass is 10.2. The number of carbonyl (C=O) groups excluding carboxylic acids is 1. The second kappa shape index (κ2) is 6.45. The zero-order chi connectivity index (χ0) is 18.3. The lowest BCUT2D eigenvalue weighted by Crippen LogP contribution is -2.34. The summed E-state index contributed by atoms with van der Waals surface area (Å²) in [6.07, 6.45) is 0. The van der Waals surface area contributed by atoms with Crippen molar-refractivity contribution in [3.8, 4) is 5.75 Å². The molecule has 1 aliphatic heterocycles. The SMILES string of the molecule is COc1cccc(N2Cc3nc(=O)n(Cc4ccc(Br)cc4)n3C2=O)c1. The number of benzene rings is 2. The number of carbonyl (C=O) groups is 1. The molecule has 0 saturated carbocycles. The molecule has 0 saturated heterocycles. The van der Waals surface area contributed by atoms with Gasteiger partial charge in [0, 0.05) is 16.2 Å². The van der Waals surface area contributed by atoms with Gasteiger partial charge in [-0.1, -0.05) is 34.1 Å². The average molecular weight is 415 g/mol. The summed E-state index contributed by atoms with van der Waals surface area (Å²) in [6.45, 7) is 0.519. The van der Waals surface area contributed by atoms with Crippen LogP contribution >= 0.6 is 15.9 Å². The van der Waals surface area contributed by atoms with E-state index in [1.165, 1.54) is 9.36 Å². The first-order valence-corrected chi connectivity index (χ1v) is 8.75. The highest BCUT2D eigenvalue weighted by atomic mass is 79.9. The predicted octanol–water partition coefficient (Wildman–Crippen LogP) is 2.85. The molecule has 2 aromatic carbocycles. The summed E-state index contributed by atoms with van der Waals surface area (Å²) >= 11 is 3.39. The van der Waals surface area contributed by atoms with E-state index >= 15 is 0 Å². The molecule has 8 heteroatoms. The predicted molar refractivity (Wildman–Crippen MR) is 99.7 cm³/mol. The molecule has 0 atom stereocenters. The summed E-state index contributed by atoms with van der Waals surface area (Å²) in [5, 5.41) is 0. The number of amides is 1. The quantitative estimate of drug-likeness (QED) is 0.657. The minimum absolute atomic E-state index is 0.245. The number of halogens is 1. The van der Waals surface area contributed by atoms with Crippen LogP contribution in [-0.2, 0) is 13.1 Å². The van der Waals surface area contributed by atoms with Crippen LogP contribution in [0.5, 0.6) is 5.75 Å². The molecule has 132 valence electrons. The van der Waals surface area contributed by atoms with E-state index in [9.17, 15) is 9.59 Å². The topological polar surface area (TPSA) is 69.4 Å². The molecule has 0 aliphatic carbocycles. The molecule has 0 unspecified atom stereocenters. The summed E-state index contributed by atoms with van der Waals surface area (Å²) in [7, 11) is 1.58. The van der Waals surface area contributed by atoms with Crippen molar-refractivity contribution in [2.75, 3.05) is 12.0 Å². The van der Waals surface area contributed by atoms with Gasteiger partial charge in [-0.3, -0.25) is 4.90 Å². The van der Waals surface area contributed by atoms with Crippen molar-refractivity contribution in [3.63, 3.8) is 0 Å². The van der Waals surface area contributed by atoms with Crippen molar-refractivity contribution >= 4 is 27.6 Å². The molecule has 26 heavy (non-hydrogen) atoms. The van der Waals surface area contributed by atoms with Crippen LogP contribution in [0.15, 0.2) is 57.8 Å². The van der Waals surface area contributed by atoms with Crippen molar-refractivity contribution in [1.82, 2.24) is 14.3 Å². The molecule has 1 amide bonds. The van der Waals surface area contributed by atoms with Crippen LogP contribution in [0.4, 0.5) is 10.5 Å². The van der Waals surface area contributed by atoms with Crippen molar-refractivity contribution in [2.24, 2.45) is 0 Å². The van der Waals surface area contributed by atoms with Gasteiger partial charge in [-0.25, -0.2) is 14.3 Å². The first-order valence-electron chi connectivity index (χ1n) is 7.96. The standard InChI is InChI=1S/C18H15BrN4O3/c1-26-15-4-2-3-14(9-15)21-11-16-20-17(24)22(23(16)18(21)25)10-12-5-7-13(19)8-6-12/h2-9H,10-11H2,1H3. The summed E-state index contributed by atoms with van der Waals surface area (Å²) in [4.78, 5) is 30.8. The summed E-state index contributed by atoms with van der Waals surface area (Å²) in [5.74, 6) is 1.09. The molecule has 7 nitrogen and oxygen atoms in total. The Labute approximate surface area is 157 Å². The molecule has 1 aromatic heterocycles. The molecule has 4 rings (SSSR count). The highest BCUT2D eigenvalue weighted by molar-refractivity contribution is 9.10. The Kier molecular flexibility index (Phi) is 4.12. The molecule has 3 aromatic rings. The van der Waals surface area contributed by atoms with Crippen LogP contribution in [0.2, 0.25) is 0 Å². The van der Waals surface area contributed by atoms with E-state index in [1.807, 2.05) is 42.5 Å². The number of rotatable bonds is 4. The summed E-state index contributed by atoms with van der Waals surface area (Å²) < 4.78 is 8.88. The Bertz CT molecular complexity index is 1040. The normalized spacial score (nSPS) is 13.2. The van der Waals surface area contributed by atoms with E-state index < -0.39 is 5.69 Å². The largest absolute Gasteiger partial charge is 0.497 e. The maximum absolute atomic E-state index is 12.9. The molecule has 0 bridgehead atoms. The number of fused-ring (bicyclic) bond motifs is 1. The highest BCUT2D eigenvalue weighted by Crippen LogP contribution is 2.26. The van der Waals surface area contributed by atoms with Gasteiger partial charge in [0.1, 0.15) is 5.75 Å². The fraction of sp³-hybridized carbons (Fsp3) is 0.167. The van der Waals surface area contributed by atoms with Crippen molar-refractivity contribution in [1.29, 1.82) is 0 Å². The van der Waals surface area contributed by atoms with Crippen LogP contribution in [0.1, 0.15) is 11.4 Å². The third-order valence-corrected chi connectivity index (χ3v) is 4.78. The Hall–Kier alpha value is -2.87. The van der Waals surface area contributed by atoms with Gasteiger partial charge in [0.25, 0.3) is 0 Å². The Balaban J connectivity index is 1.68. The number of anilines is 1. The minimum Gasteiger partial charge on any atom is -0.497 e. The zero-order valence-electron chi connectivity index (χ0n) is 13.9. The van der Waals surface area contributed by atoms with Gasteiger partial charge in [0.15, 0.2) is 5.82 Å². The molecule has 0 spiro atoms. The van der Waals surface area contributed by atoms with Crippen LogP contribution in [0.3, 0.4) is 0 Å². The lowest BCUT2D eigenvalue weighted by Gasteiger charge is -2.16. The second-order valence-electron chi connectivity index (χ2n) is 5.88.